The molecule has 0 saturated carbocycles. The number of hydrogen-bond donors (Lipinski definition) is 2. The van der Waals surface area contributed by atoms with Crippen molar-refractivity contribution in [2.24, 2.45) is 5.73 Å². The molecule has 2 aromatic rings. The third-order valence-corrected chi connectivity index (χ3v) is 5.95. The number of nitrogens with zero attached hydrogens (tertiary/aromatic N) is 2. The summed E-state index contributed by atoms with van der Waals surface area (Å²) in [5.41, 5.74) is 7.91. The molecule has 3 amide bonds. The number of nitrogens with two attached hydrogens (primary N) is 1. The minimum absolute atomic E-state index is 0.0534. The molecule has 0 aliphatic carbocycles. The highest BCUT2D eigenvalue weighted by atomic mass is 32.1. The number of aryl methyl sites for hydroxylation is 1. The molecule has 1 atom stereocenters. The van der Waals surface area contributed by atoms with Crippen molar-refractivity contribution in [1.29, 1.82) is 0 Å². The summed E-state index contributed by atoms with van der Waals surface area (Å²) < 4.78 is 0. The fourth-order valence-electron chi connectivity index (χ4n) is 3.37. The number of urea groups is 1. The molecule has 2 heterocycles. The van der Waals surface area contributed by atoms with Crippen LogP contribution in [0.25, 0.3) is 0 Å². The smallest absolute Gasteiger partial charge is 0.312 e. The molecule has 0 bridgehead atoms. The summed E-state index contributed by atoms with van der Waals surface area (Å²) in [5, 5.41) is 4.62. The molecular weight excluding hydrogens is 360 g/mol. The van der Waals surface area contributed by atoms with E-state index in [0.717, 1.165) is 24.5 Å². The lowest BCUT2D eigenvalue weighted by Crippen LogP contribution is -2.49. The number of carbonyl (C=O) groups is 2. The van der Waals surface area contributed by atoms with Crippen LogP contribution in [0.1, 0.15) is 28.5 Å². The van der Waals surface area contributed by atoms with Crippen LogP contribution in [0.2, 0.25) is 0 Å². The Balaban J connectivity index is 1.53. The van der Waals surface area contributed by atoms with Crippen molar-refractivity contribution < 1.29 is 9.59 Å². The van der Waals surface area contributed by atoms with E-state index in [0.29, 0.717) is 13.1 Å². The lowest BCUT2D eigenvalue weighted by Gasteiger charge is -2.35. The molecule has 144 valence electrons. The fourth-order valence-corrected chi connectivity index (χ4v) is 4.15. The van der Waals surface area contributed by atoms with E-state index in [-0.39, 0.29) is 18.4 Å². The quantitative estimate of drug-likeness (QED) is 0.801. The van der Waals surface area contributed by atoms with Gasteiger partial charge in [0.15, 0.2) is 0 Å². The monoisotopic (exact) mass is 386 g/mol. The van der Waals surface area contributed by atoms with Crippen LogP contribution < -0.4 is 11.1 Å². The highest BCUT2D eigenvalue weighted by Crippen LogP contribution is 2.23. The van der Waals surface area contributed by atoms with Gasteiger partial charge in [-0.25, -0.2) is 4.79 Å². The summed E-state index contributed by atoms with van der Waals surface area (Å²) >= 11 is 1.52. The molecule has 7 heteroatoms. The molecule has 1 aromatic heterocycles. The van der Waals surface area contributed by atoms with Crippen LogP contribution in [0, 0.1) is 6.92 Å². The number of amides is 3. The van der Waals surface area contributed by atoms with Crippen molar-refractivity contribution in [1.82, 2.24) is 15.1 Å². The Hall–Kier alpha value is -2.38. The zero-order valence-corrected chi connectivity index (χ0v) is 16.4. The minimum Gasteiger partial charge on any atom is -0.352 e. The van der Waals surface area contributed by atoms with Gasteiger partial charge in [0, 0.05) is 37.6 Å². The largest absolute Gasteiger partial charge is 0.352 e. The van der Waals surface area contributed by atoms with E-state index in [1.165, 1.54) is 22.5 Å². The Morgan fingerprint density at radius 2 is 1.89 bits per heavy atom. The highest BCUT2D eigenvalue weighted by Gasteiger charge is 2.25. The van der Waals surface area contributed by atoms with Crippen molar-refractivity contribution >= 4 is 23.3 Å². The first kappa shape index (κ1) is 19.4. The molecule has 1 fully saturated rings. The lowest BCUT2D eigenvalue weighted by molar-refractivity contribution is -0.133. The zero-order chi connectivity index (χ0) is 19.2. The number of thiophene rings is 1. The lowest BCUT2D eigenvalue weighted by atomic mass is 10.1. The first-order chi connectivity index (χ1) is 13.0. The maximum Gasteiger partial charge on any atom is 0.312 e. The average molecular weight is 387 g/mol. The summed E-state index contributed by atoms with van der Waals surface area (Å²) in [7, 11) is 0. The molecule has 0 spiro atoms. The van der Waals surface area contributed by atoms with E-state index in [2.05, 4.69) is 41.4 Å². The number of hydrogen-bond acceptors (Lipinski definition) is 4. The van der Waals surface area contributed by atoms with Gasteiger partial charge in [0.1, 0.15) is 0 Å². The number of nitrogens with one attached hydrogen (secondary N) is 1. The Morgan fingerprint density at radius 1 is 1.15 bits per heavy atom. The van der Waals surface area contributed by atoms with Crippen LogP contribution >= 0.6 is 11.3 Å². The number of rotatable bonds is 6. The Morgan fingerprint density at radius 3 is 2.52 bits per heavy atom. The maximum atomic E-state index is 12.7. The SMILES string of the molecule is Cc1ccccc1CN1CCN(C(=O)CC(NC(N)=O)c2cccs2)CC1. The molecule has 1 aliphatic heterocycles. The van der Waals surface area contributed by atoms with Crippen molar-refractivity contribution in [3.63, 3.8) is 0 Å². The van der Waals surface area contributed by atoms with Crippen molar-refractivity contribution in [2.75, 3.05) is 26.2 Å². The molecule has 6 nitrogen and oxygen atoms in total. The van der Waals surface area contributed by atoms with Crippen LogP contribution in [-0.4, -0.2) is 47.9 Å². The molecule has 1 aromatic carbocycles. The summed E-state index contributed by atoms with van der Waals surface area (Å²) in [5.74, 6) is 0.0534. The topological polar surface area (TPSA) is 78.7 Å². The summed E-state index contributed by atoms with van der Waals surface area (Å²) in [4.78, 5) is 29.2. The van der Waals surface area contributed by atoms with Gasteiger partial charge in [-0.1, -0.05) is 30.3 Å². The van der Waals surface area contributed by atoms with Gasteiger partial charge in [0.2, 0.25) is 5.91 Å². The Kier molecular flexibility index (Phi) is 6.47. The van der Waals surface area contributed by atoms with Gasteiger partial charge in [-0.2, -0.15) is 0 Å². The van der Waals surface area contributed by atoms with Gasteiger partial charge in [-0.05, 0) is 29.5 Å². The number of piperazine rings is 1. The first-order valence-electron chi connectivity index (χ1n) is 9.17. The van der Waals surface area contributed by atoms with Gasteiger partial charge in [-0.3, -0.25) is 9.69 Å². The summed E-state index contributed by atoms with van der Waals surface area (Å²) in [6, 6.07) is 11.3. The average Bonchev–Trinajstić information content (AvgIpc) is 3.18. The fraction of sp³-hybridized carbons (Fsp3) is 0.400. The molecule has 27 heavy (non-hydrogen) atoms. The third-order valence-electron chi connectivity index (χ3n) is 4.96. The summed E-state index contributed by atoms with van der Waals surface area (Å²) in [6.07, 6.45) is 0.237. The zero-order valence-electron chi connectivity index (χ0n) is 15.6. The number of carbonyl (C=O) groups excluding carboxylic acids is 2. The molecule has 0 radical (unpaired) electrons. The van der Waals surface area contributed by atoms with E-state index in [1.807, 2.05) is 22.4 Å². The normalized spacial score (nSPS) is 16.1. The number of benzene rings is 1. The summed E-state index contributed by atoms with van der Waals surface area (Å²) in [6.45, 7) is 6.16. The molecule has 3 rings (SSSR count). The standard InChI is InChI=1S/C20H26N4O2S/c1-15-5-2-3-6-16(15)14-23-8-10-24(11-9-23)19(25)13-17(22-20(21)26)18-7-4-12-27-18/h2-7,12,17H,8-11,13-14H2,1H3,(H3,21,22,26). The van der Waals surface area contributed by atoms with E-state index in [9.17, 15) is 9.59 Å². The molecule has 1 unspecified atom stereocenters. The van der Waals surface area contributed by atoms with E-state index in [1.54, 1.807) is 0 Å². The van der Waals surface area contributed by atoms with Crippen LogP contribution in [0.3, 0.4) is 0 Å². The molecule has 1 saturated heterocycles. The number of primary amides is 1. The maximum absolute atomic E-state index is 12.7. The third kappa shape index (κ3) is 5.30. The van der Waals surface area contributed by atoms with E-state index < -0.39 is 6.03 Å². The Bertz CT molecular complexity index is 770. The predicted molar refractivity (Wildman–Crippen MR) is 107 cm³/mol. The van der Waals surface area contributed by atoms with Crippen LogP contribution in [-0.2, 0) is 11.3 Å². The molecule has 1 aliphatic rings. The van der Waals surface area contributed by atoms with E-state index in [4.69, 9.17) is 5.73 Å². The highest BCUT2D eigenvalue weighted by molar-refractivity contribution is 7.10. The minimum atomic E-state index is -0.607. The second-order valence-corrected chi connectivity index (χ2v) is 7.84. The van der Waals surface area contributed by atoms with Crippen molar-refractivity contribution in [3.05, 3.63) is 57.8 Å². The molecule has 3 N–H and O–H groups in total. The van der Waals surface area contributed by atoms with Gasteiger partial charge in [0.05, 0.1) is 12.5 Å². The van der Waals surface area contributed by atoms with Gasteiger partial charge < -0.3 is 16.0 Å². The van der Waals surface area contributed by atoms with Crippen LogP contribution in [0.4, 0.5) is 4.79 Å². The van der Waals surface area contributed by atoms with Gasteiger partial charge in [-0.15, -0.1) is 11.3 Å². The van der Waals surface area contributed by atoms with Crippen LogP contribution in [0.5, 0.6) is 0 Å². The van der Waals surface area contributed by atoms with Crippen LogP contribution in [0.15, 0.2) is 41.8 Å². The second kappa shape index (κ2) is 9.01. The van der Waals surface area contributed by atoms with Gasteiger partial charge >= 0.3 is 6.03 Å². The first-order valence-corrected chi connectivity index (χ1v) is 10.0. The predicted octanol–water partition coefficient (Wildman–Crippen LogP) is 2.50. The van der Waals surface area contributed by atoms with Crippen molar-refractivity contribution in [2.45, 2.75) is 25.9 Å². The Labute approximate surface area is 164 Å². The van der Waals surface area contributed by atoms with Crippen molar-refractivity contribution in [3.8, 4) is 0 Å². The molecular formula is C20H26N4O2S. The van der Waals surface area contributed by atoms with Gasteiger partial charge in [0.25, 0.3) is 0 Å². The second-order valence-electron chi connectivity index (χ2n) is 6.86. The van der Waals surface area contributed by atoms with E-state index >= 15 is 0 Å².